The highest BCUT2D eigenvalue weighted by atomic mass is 16.5. The maximum absolute atomic E-state index is 14.0. The molecule has 364 valence electrons. The van der Waals surface area contributed by atoms with E-state index in [1.807, 2.05) is 88.9 Å². The number of hydrogen-bond acceptors (Lipinski definition) is 11. The molecule has 3 amide bonds. The summed E-state index contributed by atoms with van der Waals surface area (Å²) < 4.78 is 18.1. The summed E-state index contributed by atoms with van der Waals surface area (Å²) in [7, 11) is 3.72. The van der Waals surface area contributed by atoms with Crippen LogP contribution in [0.3, 0.4) is 0 Å². The third-order valence-electron chi connectivity index (χ3n) is 14.3. The number of carbonyl (C=O) groups is 4. The fourth-order valence-corrected chi connectivity index (χ4v) is 9.51. The summed E-state index contributed by atoms with van der Waals surface area (Å²) in [6.45, 7) is 14.4. The molecule has 14 heteroatoms. The Labute approximate surface area is 410 Å². The molecule has 0 aromatic heterocycles. The first-order valence-corrected chi connectivity index (χ1v) is 24.5. The Morgan fingerprint density at radius 2 is 1.26 bits per heavy atom. The second-order valence-corrected chi connectivity index (χ2v) is 19.5. The molecule has 1 saturated heterocycles. The number of hydrogen-bond donors (Lipinski definition) is 1. The van der Waals surface area contributed by atoms with Crippen molar-refractivity contribution in [3.8, 4) is 17.2 Å². The van der Waals surface area contributed by atoms with E-state index in [1.165, 1.54) is 5.69 Å². The molecule has 5 aliphatic rings. The van der Waals surface area contributed by atoms with Crippen LogP contribution < -0.4 is 24.4 Å². The lowest BCUT2D eigenvalue weighted by molar-refractivity contribution is -0.128. The van der Waals surface area contributed by atoms with Crippen LogP contribution in [0.25, 0.3) is 11.1 Å². The molecule has 70 heavy (non-hydrogen) atoms. The van der Waals surface area contributed by atoms with Crippen molar-refractivity contribution in [1.82, 2.24) is 14.7 Å². The predicted octanol–water partition coefficient (Wildman–Crippen LogP) is 9.37. The molecule has 4 aromatic carbocycles. The zero-order chi connectivity index (χ0) is 49.2. The van der Waals surface area contributed by atoms with E-state index in [4.69, 9.17) is 24.2 Å². The number of fused-ring (bicyclic) bond motifs is 4. The van der Waals surface area contributed by atoms with E-state index < -0.39 is 5.92 Å². The van der Waals surface area contributed by atoms with Crippen molar-refractivity contribution in [2.45, 2.75) is 72.4 Å². The number of ketones is 1. The number of methoxy groups -OCH3 is 1. The number of anilines is 2. The van der Waals surface area contributed by atoms with Gasteiger partial charge in [-0.1, -0.05) is 52.0 Å². The average molecular weight is 946 g/mol. The molecule has 9 rings (SSSR count). The lowest BCUT2D eigenvalue weighted by Gasteiger charge is -2.34. The molecule has 5 heterocycles. The van der Waals surface area contributed by atoms with Crippen molar-refractivity contribution in [2.75, 3.05) is 63.8 Å². The van der Waals surface area contributed by atoms with Gasteiger partial charge < -0.3 is 39.1 Å². The molecule has 5 aliphatic heterocycles. The summed E-state index contributed by atoms with van der Waals surface area (Å²) in [5, 5.41) is 2.94. The van der Waals surface area contributed by atoms with Crippen LogP contribution in [0.15, 0.2) is 95.2 Å². The molecule has 0 saturated carbocycles. The Morgan fingerprint density at radius 1 is 0.714 bits per heavy atom. The first kappa shape index (κ1) is 48.0. The minimum atomic E-state index is -0.437. The van der Waals surface area contributed by atoms with Crippen molar-refractivity contribution in [1.29, 1.82) is 0 Å². The van der Waals surface area contributed by atoms with E-state index >= 15 is 0 Å². The molecule has 0 unspecified atom stereocenters. The zero-order valence-corrected chi connectivity index (χ0v) is 41.2. The largest absolute Gasteiger partial charge is 0.493 e. The van der Waals surface area contributed by atoms with Gasteiger partial charge in [-0.2, -0.15) is 0 Å². The van der Waals surface area contributed by atoms with Crippen LogP contribution >= 0.6 is 0 Å². The lowest BCUT2D eigenvalue weighted by Crippen LogP contribution is -2.44. The molecule has 1 fully saturated rings. The van der Waals surface area contributed by atoms with Crippen LogP contribution in [0, 0.1) is 24.7 Å². The van der Waals surface area contributed by atoms with Gasteiger partial charge in [0, 0.05) is 112 Å². The molecule has 0 bridgehead atoms. The van der Waals surface area contributed by atoms with E-state index in [1.54, 1.807) is 36.0 Å². The number of piperazine rings is 1. The van der Waals surface area contributed by atoms with Crippen molar-refractivity contribution >= 4 is 69.8 Å². The van der Waals surface area contributed by atoms with Gasteiger partial charge in [-0.25, -0.2) is 0 Å². The normalized spacial score (nSPS) is 19.3. The third kappa shape index (κ3) is 10.1. The molecular weight excluding hydrogens is 883 g/mol. The number of aliphatic imine (C=N–C) groups is 2. The van der Waals surface area contributed by atoms with E-state index in [2.05, 4.69) is 46.4 Å². The van der Waals surface area contributed by atoms with Gasteiger partial charge in [0.1, 0.15) is 11.5 Å². The predicted molar refractivity (Wildman–Crippen MR) is 275 cm³/mol. The van der Waals surface area contributed by atoms with Gasteiger partial charge >= 0.3 is 0 Å². The number of aryl methyl sites for hydroxylation is 1. The topological polar surface area (TPSA) is 146 Å². The van der Waals surface area contributed by atoms with Gasteiger partial charge in [0.2, 0.25) is 5.91 Å². The molecule has 4 atom stereocenters. The van der Waals surface area contributed by atoms with Crippen molar-refractivity contribution in [3.05, 3.63) is 113 Å². The number of carbonyl (C=O) groups excluding carboxylic acids is 4. The highest BCUT2D eigenvalue weighted by Crippen LogP contribution is 2.41. The van der Waals surface area contributed by atoms with Crippen LogP contribution in [0.5, 0.6) is 17.2 Å². The number of nitrogens with one attached hydrogen (secondary N) is 1. The van der Waals surface area contributed by atoms with Crippen LogP contribution in [0.1, 0.15) is 90.8 Å². The molecular formula is C56H63N7O7. The van der Waals surface area contributed by atoms with Crippen LogP contribution in [-0.4, -0.2) is 116 Å². The first-order chi connectivity index (χ1) is 33.7. The van der Waals surface area contributed by atoms with Crippen molar-refractivity contribution < 1.29 is 33.4 Å². The monoisotopic (exact) mass is 945 g/mol. The molecule has 14 nitrogen and oxygen atoms in total. The van der Waals surface area contributed by atoms with Crippen LogP contribution in [0.4, 0.5) is 22.7 Å². The Bertz CT molecular complexity index is 2790. The van der Waals surface area contributed by atoms with E-state index in [0.29, 0.717) is 77.9 Å². The highest BCUT2D eigenvalue weighted by Gasteiger charge is 2.35. The average Bonchev–Trinajstić information content (AvgIpc) is 3.94. The van der Waals surface area contributed by atoms with Crippen molar-refractivity contribution in [2.24, 2.45) is 27.7 Å². The standard InChI is InChI=1S/C56H63N7O7/c1-34(2)37(5)50(64)24-36(4)54(65)59-42-13-9-38(10-14-42)40-25-44-30-57-48-28-51(35(3)23-46(48)55(66)62(44)32-40)69-21-8-22-70-53-29-49-47(27-52(53)68-7)56(67)63-33-41(26-45(63)31-58-49)39-11-15-43(16-12-39)61-19-17-60(6)18-20-61/h9-16,23,27-34,36-37,44-45H,8,17-22,24-26H2,1-7H3,(H,59,65)/t36-,37+,44+,45+/m1/s1. The van der Waals surface area contributed by atoms with E-state index in [-0.39, 0.29) is 53.8 Å². The summed E-state index contributed by atoms with van der Waals surface area (Å²) in [6.07, 6.45) is 9.53. The Hall–Kier alpha value is -7.06. The number of Topliss-reactive ketones (excluding diaryl/α,β-unsaturated/α-hetero) is 1. The molecule has 1 N–H and O–H groups in total. The van der Waals surface area contributed by atoms with E-state index in [9.17, 15) is 19.2 Å². The second-order valence-electron chi connectivity index (χ2n) is 19.5. The van der Waals surface area contributed by atoms with Gasteiger partial charge in [0.05, 0.1) is 54.9 Å². The summed E-state index contributed by atoms with van der Waals surface area (Å²) in [6, 6.07) is 22.9. The van der Waals surface area contributed by atoms with Crippen LogP contribution in [-0.2, 0) is 9.59 Å². The summed E-state index contributed by atoms with van der Waals surface area (Å²) in [5.41, 5.74) is 8.85. The molecule has 0 aliphatic carbocycles. The second kappa shape index (κ2) is 20.5. The summed E-state index contributed by atoms with van der Waals surface area (Å²) in [4.78, 5) is 71.2. The Balaban J connectivity index is 0.774. The maximum Gasteiger partial charge on any atom is 0.260 e. The molecule has 0 radical (unpaired) electrons. The van der Waals surface area contributed by atoms with Gasteiger partial charge in [0.25, 0.3) is 11.8 Å². The number of likely N-dealkylation sites (N-methyl/N-ethyl adjacent to an activating group) is 1. The maximum atomic E-state index is 14.0. The minimum Gasteiger partial charge on any atom is -0.493 e. The number of amides is 3. The van der Waals surface area contributed by atoms with Gasteiger partial charge in [-0.15, -0.1) is 0 Å². The molecule has 0 spiro atoms. The number of nitrogens with zero attached hydrogens (tertiary/aromatic N) is 6. The van der Waals surface area contributed by atoms with Crippen LogP contribution in [0.2, 0.25) is 0 Å². The van der Waals surface area contributed by atoms with Gasteiger partial charge in [0.15, 0.2) is 11.5 Å². The minimum absolute atomic E-state index is 0.0890. The number of rotatable bonds is 16. The van der Waals surface area contributed by atoms with Crippen molar-refractivity contribution in [3.63, 3.8) is 0 Å². The SMILES string of the molecule is COc1cc2c(cc1OCCCOc1cc3c(cc1C)C(=O)N1C=C(c4ccc(NC(=O)[C@H](C)CC(=O)[C@@H](C)C(C)C)cc4)C[C@H]1C=N3)N=C[C@@H]1CC(c3ccc(N4CCN(C)CC4)cc3)=CN1C2=O. The summed E-state index contributed by atoms with van der Waals surface area (Å²) in [5.74, 6) is 0.910. The van der Waals surface area contributed by atoms with Gasteiger partial charge in [-0.3, -0.25) is 29.2 Å². The van der Waals surface area contributed by atoms with Gasteiger partial charge in [-0.05, 0) is 84.1 Å². The Kier molecular flexibility index (Phi) is 14.0. The highest BCUT2D eigenvalue weighted by molar-refractivity contribution is 6.06. The van der Waals surface area contributed by atoms with E-state index in [0.717, 1.165) is 54.0 Å². The fraction of sp³-hybridized carbons (Fsp3) is 0.393. The molecule has 4 aromatic rings. The fourth-order valence-electron chi connectivity index (χ4n) is 9.51. The first-order valence-electron chi connectivity index (χ1n) is 24.5. The Morgan fingerprint density at radius 3 is 1.83 bits per heavy atom. The third-order valence-corrected chi connectivity index (χ3v) is 14.3. The number of benzene rings is 4. The smallest absolute Gasteiger partial charge is 0.260 e. The number of ether oxygens (including phenoxy) is 3. The summed E-state index contributed by atoms with van der Waals surface area (Å²) >= 11 is 0. The zero-order valence-electron chi connectivity index (χ0n) is 41.2. The quantitative estimate of drug-likeness (QED) is 0.109. The lowest BCUT2D eigenvalue weighted by atomic mass is 9.88.